The Hall–Kier alpha value is -4.27. The topological polar surface area (TPSA) is 99.5 Å². The highest BCUT2D eigenvalue weighted by Crippen LogP contribution is 2.39. The van der Waals surface area contributed by atoms with Crippen LogP contribution < -0.4 is 24.8 Å². The first-order chi connectivity index (χ1) is 16.1. The van der Waals surface area contributed by atoms with Gasteiger partial charge in [-0.05, 0) is 25.1 Å². The van der Waals surface area contributed by atoms with Crippen molar-refractivity contribution in [1.29, 1.82) is 0 Å². The Morgan fingerprint density at radius 3 is 2.79 bits per heavy atom. The highest BCUT2D eigenvalue weighted by molar-refractivity contribution is 6.06. The number of methoxy groups -OCH3 is 2. The molecule has 3 aromatic rings. The average molecular weight is 447 g/mol. The molecule has 4 rings (SSSR count). The van der Waals surface area contributed by atoms with E-state index in [-0.39, 0.29) is 5.91 Å². The maximum Gasteiger partial charge on any atom is 0.255 e. The quantitative estimate of drug-likeness (QED) is 0.507. The number of carbonyl (C=O) groups is 1. The fourth-order valence-electron chi connectivity index (χ4n) is 3.75. The van der Waals surface area contributed by atoms with E-state index in [1.165, 1.54) is 13.4 Å². The second-order valence-corrected chi connectivity index (χ2v) is 7.25. The maximum absolute atomic E-state index is 13.6. The summed E-state index contributed by atoms with van der Waals surface area (Å²) < 4.78 is 18.2. The van der Waals surface area contributed by atoms with Crippen molar-refractivity contribution in [2.24, 2.45) is 0 Å². The average Bonchev–Trinajstić information content (AvgIpc) is 3.30. The summed E-state index contributed by atoms with van der Waals surface area (Å²) in [5.74, 6) is 1.96. The van der Waals surface area contributed by atoms with Crippen LogP contribution in [0.25, 0.3) is 0 Å². The van der Waals surface area contributed by atoms with Gasteiger partial charge in [-0.1, -0.05) is 30.9 Å². The van der Waals surface area contributed by atoms with Gasteiger partial charge in [-0.3, -0.25) is 4.79 Å². The molecule has 170 valence electrons. The van der Waals surface area contributed by atoms with Crippen molar-refractivity contribution in [1.82, 2.24) is 14.8 Å². The van der Waals surface area contributed by atoms with E-state index in [1.807, 2.05) is 31.2 Å². The van der Waals surface area contributed by atoms with Crippen LogP contribution in [-0.4, -0.2) is 41.5 Å². The molecule has 1 atom stereocenters. The number of benzene rings is 2. The summed E-state index contributed by atoms with van der Waals surface area (Å²) in [6, 6.07) is 12.2. The number of allylic oxidation sites excluding steroid dienone is 1. The minimum absolute atomic E-state index is 0.312. The first-order valence-corrected chi connectivity index (χ1v) is 10.3. The summed E-state index contributed by atoms with van der Waals surface area (Å²) in [4.78, 5) is 17.9. The largest absolute Gasteiger partial charge is 0.497 e. The Morgan fingerprint density at radius 1 is 1.21 bits per heavy atom. The van der Waals surface area contributed by atoms with Crippen molar-refractivity contribution >= 4 is 17.5 Å². The van der Waals surface area contributed by atoms with Crippen LogP contribution in [0, 0.1) is 0 Å². The summed E-state index contributed by atoms with van der Waals surface area (Å²) in [6.45, 7) is 5.88. The number of carbonyl (C=O) groups excluding carboxylic acids is 1. The molecule has 0 saturated heterocycles. The minimum Gasteiger partial charge on any atom is -0.497 e. The molecule has 33 heavy (non-hydrogen) atoms. The minimum atomic E-state index is -0.561. The number of rotatable bonds is 8. The molecular formula is C24H25N5O4. The van der Waals surface area contributed by atoms with Gasteiger partial charge in [-0.25, -0.2) is 4.68 Å². The van der Waals surface area contributed by atoms with E-state index in [9.17, 15) is 4.79 Å². The fourth-order valence-corrected chi connectivity index (χ4v) is 3.75. The number of fused-ring (bicyclic) bond motifs is 1. The van der Waals surface area contributed by atoms with Gasteiger partial charge in [0.2, 0.25) is 5.95 Å². The Balaban J connectivity index is 1.77. The van der Waals surface area contributed by atoms with Gasteiger partial charge in [0.1, 0.15) is 36.2 Å². The maximum atomic E-state index is 13.6. The van der Waals surface area contributed by atoms with Crippen LogP contribution in [0.15, 0.2) is 72.7 Å². The van der Waals surface area contributed by atoms with Crippen LogP contribution in [0.5, 0.6) is 17.2 Å². The molecule has 0 aliphatic carbocycles. The monoisotopic (exact) mass is 447 g/mol. The molecule has 1 aromatic heterocycles. The van der Waals surface area contributed by atoms with Crippen LogP contribution in [-0.2, 0) is 4.79 Å². The normalized spacial score (nSPS) is 14.7. The SMILES string of the molecule is C=CCOc1ccccc1C1C(C(=O)Nc2ccc(OC)cc2OC)=C(C)Nc2ncnn21. The third-order valence-electron chi connectivity index (χ3n) is 5.27. The number of hydrogen-bond donors (Lipinski definition) is 2. The van der Waals surface area contributed by atoms with Crippen molar-refractivity contribution < 1.29 is 19.0 Å². The Kier molecular flexibility index (Phi) is 6.30. The fraction of sp³-hybridized carbons (Fsp3) is 0.208. The number of hydrogen-bond acceptors (Lipinski definition) is 7. The van der Waals surface area contributed by atoms with Crippen LogP contribution in [0.4, 0.5) is 11.6 Å². The molecule has 0 bridgehead atoms. The number of nitrogens with one attached hydrogen (secondary N) is 2. The van der Waals surface area contributed by atoms with Crippen molar-refractivity contribution in [3.05, 3.63) is 78.3 Å². The zero-order chi connectivity index (χ0) is 23.4. The van der Waals surface area contributed by atoms with E-state index in [2.05, 4.69) is 27.3 Å². The molecule has 0 radical (unpaired) electrons. The molecule has 1 amide bonds. The molecular weight excluding hydrogens is 422 g/mol. The zero-order valence-corrected chi connectivity index (χ0v) is 18.7. The third kappa shape index (κ3) is 4.25. The lowest BCUT2D eigenvalue weighted by Crippen LogP contribution is -2.31. The first kappa shape index (κ1) is 21.9. The summed E-state index contributed by atoms with van der Waals surface area (Å²) in [5.41, 5.74) is 2.42. The molecule has 0 spiro atoms. The molecule has 9 nitrogen and oxygen atoms in total. The highest BCUT2D eigenvalue weighted by atomic mass is 16.5. The van der Waals surface area contributed by atoms with Gasteiger partial charge in [0.05, 0.1) is 25.5 Å². The van der Waals surface area contributed by atoms with E-state index in [0.29, 0.717) is 46.8 Å². The second kappa shape index (κ2) is 9.47. The molecule has 0 saturated carbocycles. The van der Waals surface area contributed by atoms with Crippen LogP contribution in [0.3, 0.4) is 0 Å². The van der Waals surface area contributed by atoms with E-state index in [0.717, 1.165) is 5.56 Å². The van der Waals surface area contributed by atoms with E-state index in [1.54, 1.807) is 36.1 Å². The molecule has 1 aliphatic heterocycles. The van der Waals surface area contributed by atoms with E-state index >= 15 is 0 Å². The van der Waals surface area contributed by atoms with Crippen LogP contribution in [0.2, 0.25) is 0 Å². The number of aromatic nitrogens is 3. The van der Waals surface area contributed by atoms with Crippen molar-refractivity contribution in [2.45, 2.75) is 13.0 Å². The third-order valence-corrected chi connectivity index (χ3v) is 5.27. The van der Waals surface area contributed by atoms with Crippen molar-refractivity contribution in [3.8, 4) is 17.2 Å². The summed E-state index contributed by atoms with van der Waals surface area (Å²) >= 11 is 0. The molecule has 1 unspecified atom stereocenters. The van der Waals surface area contributed by atoms with E-state index < -0.39 is 6.04 Å². The number of para-hydroxylation sites is 1. The van der Waals surface area contributed by atoms with Gasteiger partial charge in [0.15, 0.2) is 0 Å². The van der Waals surface area contributed by atoms with Gasteiger partial charge < -0.3 is 24.8 Å². The smallest absolute Gasteiger partial charge is 0.255 e. The lowest BCUT2D eigenvalue weighted by atomic mass is 9.94. The molecule has 9 heteroatoms. The Bertz CT molecular complexity index is 1220. The number of ether oxygens (including phenoxy) is 3. The van der Waals surface area contributed by atoms with Crippen LogP contribution >= 0.6 is 0 Å². The van der Waals surface area contributed by atoms with Crippen molar-refractivity contribution in [3.63, 3.8) is 0 Å². The second-order valence-electron chi connectivity index (χ2n) is 7.25. The summed E-state index contributed by atoms with van der Waals surface area (Å²) in [5, 5.41) is 10.5. The lowest BCUT2D eigenvalue weighted by Gasteiger charge is -2.29. The van der Waals surface area contributed by atoms with Crippen molar-refractivity contribution in [2.75, 3.05) is 31.5 Å². The molecule has 0 fully saturated rings. The van der Waals surface area contributed by atoms with Gasteiger partial charge in [0.25, 0.3) is 5.91 Å². The molecule has 2 heterocycles. The standard InChI is InChI=1S/C24H25N5O4/c1-5-12-33-19-9-7-6-8-17(19)22-21(15(2)27-24-25-14-26-29(22)24)23(30)28-18-11-10-16(31-3)13-20(18)32-4/h5-11,13-14,22H,1,12H2,2-4H3,(H,28,30)(H,25,26,27). The van der Waals surface area contributed by atoms with Gasteiger partial charge in [0, 0.05) is 17.3 Å². The Morgan fingerprint density at radius 2 is 2.03 bits per heavy atom. The van der Waals surface area contributed by atoms with E-state index in [4.69, 9.17) is 14.2 Å². The highest BCUT2D eigenvalue weighted by Gasteiger charge is 2.35. The van der Waals surface area contributed by atoms with Gasteiger partial charge in [-0.15, -0.1) is 0 Å². The number of anilines is 2. The Labute approximate surface area is 191 Å². The molecule has 2 N–H and O–H groups in total. The summed E-state index contributed by atoms with van der Waals surface area (Å²) in [6.07, 6.45) is 3.12. The predicted octanol–water partition coefficient (Wildman–Crippen LogP) is 3.79. The summed E-state index contributed by atoms with van der Waals surface area (Å²) in [7, 11) is 3.11. The number of amides is 1. The zero-order valence-electron chi connectivity index (χ0n) is 18.7. The van der Waals surface area contributed by atoms with Gasteiger partial charge in [-0.2, -0.15) is 10.1 Å². The molecule has 1 aliphatic rings. The molecule has 2 aromatic carbocycles. The lowest BCUT2D eigenvalue weighted by molar-refractivity contribution is -0.113. The van der Waals surface area contributed by atoms with Crippen LogP contribution in [0.1, 0.15) is 18.5 Å². The van der Waals surface area contributed by atoms with Gasteiger partial charge >= 0.3 is 0 Å². The number of nitrogens with zero attached hydrogens (tertiary/aromatic N) is 3. The first-order valence-electron chi connectivity index (χ1n) is 10.3. The predicted molar refractivity (Wildman–Crippen MR) is 125 cm³/mol.